The Hall–Kier alpha value is -2.29. The van der Waals surface area contributed by atoms with Gasteiger partial charge in [0.15, 0.2) is 0 Å². The predicted octanol–water partition coefficient (Wildman–Crippen LogP) is 3.62. The lowest BCUT2D eigenvalue weighted by Crippen LogP contribution is -1.91. The van der Waals surface area contributed by atoms with Crippen LogP contribution in [0.25, 0.3) is 6.08 Å². The van der Waals surface area contributed by atoms with Crippen molar-refractivity contribution in [1.82, 2.24) is 0 Å². The Bertz CT molecular complexity index is 538. The summed E-state index contributed by atoms with van der Waals surface area (Å²) in [7, 11) is 0. The second-order valence-corrected chi connectivity index (χ2v) is 3.93. The quantitative estimate of drug-likeness (QED) is 0.871. The highest BCUT2D eigenvalue weighted by Gasteiger charge is 2.06. The lowest BCUT2D eigenvalue weighted by Gasteiger charge is -1.95. The minimum atomic E-state index is -1.04. The minimum absolute atomic E-state index is 0.0299. The summed E-state index contributed by atoms with van der Waals surface area (Å²) in [6.45, 7) is 0. The van der Waals surface area contributed by atoms with Crippen LogP contribution in [0.3, 0.4) is 0 Å². The smallest absolute Gasteiger partial charge is 0.371 e. The maximum atomic E-state index is 10.6. The van der Waals surface area contributed by atoms with Gasteiger partial charge in [0.05, 0.1) is 0 Å². The fraction of sp³-hybridized carbons (Fsp3) is 0.133. The second-order valence-electron chi connectivity index (χ2n) is 3.93. The Morgan fingerprint density at radius 1 is 1.17 bits per heavy atom. The van der Waals surface area contributed by atoms with Gasteiger partial charge in [-0.15, -0.1) is 0 Å². The minimum Gasteiger partial charge on any atom is -0.475 e. The lowest BCUT2D eigenvalue weighted by molar-refractivity contribution is 0.0662. The Morgan fingerprint density at radius 2 is 1.94 bits per heavy atom. The van der Waals surface area contributed by atoms with E-state index in [1.54, 1.807) is 12.1 Å². The van der Waals surface area contributed by atoms with Crippen LogP contribution in [-0.2, 0) is 6.42 Å². The molecule has 0 aliphatic carbocycles. The Labute approximate surface area is 105 Å². The van der Waals surface area contributed by atoms with Gasteiger partial charge >= 0.3 is 5.97 Å². The van der Waals surface area contributed by atoms with Crippen LogP contribution in [0.15, 0.2) is 53.0 Å². The molecule has 0 amide bonds. The van der Waals surface area contributed by atoms with Gasteiger partial charge in [0.25, 0.3) is 0 Å². The average Bonchev–Trinajstić information content (AvgIpc) is 2.85. The molecule has 1 N–H and O–H groups in total. The maximum absolute atomic E-state index is 10.6. The molecule has 3 heteroatoms. The van der Waals surface area contributed by atoms with E-state index >= 15 is 0 Å². The van der Waals surface area contributed by atoms with Gasteiger partial charge in [0.2, 0.25) is 5.76 Å². The first-order chi connectivity index (χ1) is 8.75. The summed E-state index contributed by atoms with van der Waals surface area (Å²) in [6, 6.07) is 13.3. The molecule has 1 aromatic carbocycles. The molecule has 0 spiro atoms. The van der Waals surface area contributed by atoms with E-state index in [2.05, 4.69) is 12.1 Å². The number of rotatable bonds is 5. The van der Waals surface area contributed by atoms with Gasteiger partial charge in [-0.1, -0.05) is 36.4 Å². The van der Waals surface area contributed by atoms with Gasteiger partial charge in [0, 0.05) is 0 Å². The molecule has 3 nitrogen and oxygen atoms in total. The van der Waals surface area contributed by atoms with E-state index in [-0.39, 0.29) is 5.76 Å². The Morgan fingerprint density at radius 3 is 2.61 bits per heavy atom. The third-order valence-electron chi connectivity index (χ3n) is 2.56. The van der Waals surface area contributed by atoms with E-state index < -0.39 is 5.97 Å². The molecule has 0 saturated carbocycles. The van der Waals surface area contributed by atoms with Gasteiger partial charge in [-0.25, -0.2) is 4.79 Å². The van der Waals surface area contributed by atoms with E-state index in [0.717, 1.165) is 12.8 Å². The highest BCUT2D eigenvalue weighted by molar-refractivity contribution is 5.84. The highest BCUT2D eigenvalue weighted by Crippen LogP contribution is 2.10. The van der Waals surface area contributed by atoms with Crippen LogP contribution < -0.4 is 0 Å². The molecule has 92 valence electrons. The van der Waals surface area contributed by atoms with E-state index in [1.807, 2.05) is 24.3 Å². The first-order valence-corrected chi connectivity index (χ1v) is 5.79. The first-order valence-electron chi connectivity index (χ1n) is 5.79. The maximum Gasteiger partial charge on any atom is 0.371 e. The van der Waals surface area contributed by atoms with Crippen molar-refractivity contribution in [2.24, 2.45) is 0 Å². The number of aryl methyl sites for hydroxylation is 1. The molecule has 0 fully saturated rings. The fourth-order valence-corrected chi connectivity index (χ4v) is 1.65. The molecule has 2 rings (SSSR count). The average molecular weight is 242 g/mol. The summed E-state index contributed by atoms with van der Waals surface area (Å²) in [5.74, 6) is -0.503. The summed E-state index contributed by atoms with van der Waals surface area (Å²) in [6.07, 6.45) is 5.64. The van der Waals surface area contributed by atoms with Gasteiger partial charge in [0.1, 0.15) is 5.76 Å². The molecule has 18 heavy (non-hydrogen) atoms. The van der Waals surface area contributed by atoms with Crippen LogP contribution in [-0.4, -0.2) is 11.1 Å². The molecular weight excluding hydrogens is 228 g/mol. The molecule has 0 bridgehead atoms. The van der Waals surface area contributed by atoms with Crippen molar-refractivity contribution in [2.75, 3.05) is 0 Å². The lowest BCUT2D eigenvalue weighted by atomic mass is 10.1. The number of hydrogen-bond donors (Lipinski definition) is 1. The predicted molar refractivity (Wildman–Crippen MR) is 69.5 cm³/mol. The summed E-state index contributed by atoms with van der Waals surface area (Å²) in [4.78, 5) is 10.6. The second kappa shape index (κ2) is 5.87. The number of furan rings is 1. The third-order valence-corrected chi connectivity index (χ3v) is 2.56. The van der Waals surface area contributed by atoms with Crippen LogP contribution in [0.5, 0.6) is 0 Å². The van der Waals surface area contributed by atoms with E-state index in [9.17, 15) is 4.79 Å². The highest BCUT2D eigenvalue weighted by atomic mass is 16.4. The van der Waals surface area contributed by atoms with Crippen LogP contribution >= 0.6 is 0 Å². The largest absolute Gasteiger partial charge is 0.475 e. The number of hydrogen-bond acceptors (Lipinski definition) is 2. The van der Waals surface area contributed by atoms with Crippen molar-refractivity contribution in [2.45, 2.75) is 12.8 Å². The zero-order chi connectivity index (χ0) is 12.8. The van der Waals surface area contributed by atoms with E-state index in [4.69, 9.17) is 9.52 Å². The molecule has 0 saturated heterocycles. The summed E-state index contributed by atoms with van der Waals surface area (Å²) in [5, 5.41) is 8.70. The van der Waals surface area contributed by atoms with Gasteiger partial charge < -0.3 is 9.52 Å². The fourth-order valence-electron chi connectivity index (χ4n) is 1.65. The molecule has 0 atom stereocenters. The van der Waals surface area contributed by atoms with E-state index in [0.29, 0.717) is 5.76 Å². The number of allylic oxidation sites excluding steroid dienone is 1. The molecule has 0 aliphatic rings. The van der Waals surface area contributed by atoms with Crippen LogP contribution in [0.4, 0.5) is 0 Å². The van der Waals surface area contributed by atoms with E-state index in [1.165, 1.54) is 11.6 Å². The zero-order valence-corrected chi connectivity index (χ0v) is 9.87. The summed E-state index contributed by atoms with van der Waals surface area (Å²) >= 11 is 0. The number of carboxylic acids is 1. The number of carbonyl (C=O) groups is 1. The monoisotopic (exact) mass is 242 g/mol. The SMILES string of the molecule is O=C(O)c1ccc(/C=C/CCc2ccccc2)o1. The van der Waals surface area contributed by atoms with Crippen LogP contribution in [0, 0.1) is 0 Å². The summed E-state index contributed by atoms with van der Waals surface area (Å²) < 4.78 is 5.11. The van der Waals surface area contributed by atoms with Crippen LogP contribution in [0.1, 0.15) is 28.3 Å². The normalized spacial score (nSPS) is 10.9. The third kappa shape index (κ3) is 3.35. The van der Waals surface area contributed by atoms with Crippen molar-refractivity contribution >= 4 is 12.0 Å². The van der Waals surface area contributed by atoms with Crippen molar-refractivity contribution in [3.05, 3.63) is 65.6 Å². The number of benzene rings is 1. The molecule has 0 unspecified atom stereocenters. The van der Waals surface area contributed by atoms with Gasteiger partial charge in [-0.2, -0.15) is 0 Å². The molecule has 1 aromatic heterocycles. The Kier molecular flexibility index (Phi) is 3.97. The first kappa shape index (κ1) is 12.2. The molecule has 0 radical (unpaired) electrons. The molecule has 1 heterocycles. The standard InChI is InChI=1S/C15H14O3/c16-15(17)14-11-10-13(18-14)9-5-4-8-12-6-2-1-3-7-12/h1-3,5-7,9-11H,4,8H2,(H,16,17)/b9-5+. The topological polar surface area (TPSA) is 50.4 Å². The number of carboxylic acid groups (broad SMARTS) is 1. The Balaban J connectivity index is 1.86. The van der Waals surface area contributed by atoms with Crippen molar-refractivity contribution in [3.8, 4) is 0 Å². The van der Waals surface area contributed by atoms with Gasteiger partial charge in [-0.3, -0.25) is 0 Å². The summed E-state index contributed by atoms with van der Waals surface area (Å²) in [5.41, 5.74) is 1.29. The van der Waals surface area contributed by atoms with Crippen molar-refractivity contribution < 1.29 is 14.3 Å². The van der Waals surface area contributed by atoms with Crippen LogP contribution in [0.2, 0.25) is 0 Å². The number of aromatic carboxylic acids is 1. The molecule has 0 aliphatic heterocycles. The van der Waals surface area contributed by atoms with Crippen molar-refractivity contribution in [3.63, 3.8) is 0 Å². The zero-order valence-electron chi connectivity index (χ0n) is 9.87. The molecule has 2 aromatic rings. The molecular formula is C15H14O3. The van der Waals surface area contributed by atoms with Crippen molar-refractivity contribution in [1.29, 1.82) is 0 Å². The van der Waals surface area contributed by atoms with Gasteiger partial charge in [-0.05, 0) is 36.6 Å².